The average molecular weight is 339 g/mol. The van der Waals surface area contributed by atoms with Gasteiger partial charge in [0, 0.05) is 17.5 Å². The van der Waals surface area contributed by atoms with Crippen LogP contribution in [0.25, 0.3) is 0 Å². The third-order valence-corrected chi connectivity index (χ3v) is 3.51. The van der Waals surface area contributed by atoms with Gasteiger partial charge in [0.1, 0.15) is 19.3 Å². The lowest BCUT2D eigenvalue weighted by atomic mass is 9.97. The summed E-state index contributed by atoms with van der Waals surface area (Å²) in [7, 11) is 1.44. The van der Waals surface area contributed by atoms with Crippen molar-refractivity contribution >= 4 is 11.6 Å². The Morgan fingerprint density at radius 2 is 2.21 bits per heavy atom. The van der Waals surface area contributed by atoms with E-state index in [1.165, 1.54) is 7.11 Å². The van der Waals surface area contributed by atoms with Crippen LogP contribution in [0.1, 0.15) is 29.3 Å². The Balaban J connectivity index is 2.10. The van der Waals surface area contributed by atoms with Crippen molar-refractivity contribution in [3.63, 3.8) is 0 Å². The monoisotopic (exact) mass is 339 g/mol. The summed E-state index contributed by atoms with van der Waals surface area (Å²) in [6, 6.07) is 3.22. The molecule has 0 spiro atoms. The van der Waals surface area contributed by atoms with Crippen molar-refractivity contribution < 1.29 is 33.7 Å². The maximum absolute atomic E-state index is 12.1. The third kappa shape index (κ3) is 3.99. The van der Waals surface area contributed by atoms with E-state index in [1.807, 2.05) is 0 Å². The number of ketones is 2. The predicted octanol–water partition coefficient (Wildman–Crippen LogP) is 1.34. The summed E-state index contributed by atoms with van der Waals surface area (Å²) in [6.45, 7) is 1.16. The number of Topliss-reactive ketones (excluding diaryl/α,β-unsaturated/α-hetero) is 2. The van der Waals surface area contributed by atoms with Gasteiger partial charge in [-0.1, -0.05) is 0 Å². The molecule has 0 radical (unpaired) electrons. The SMILES string of the molecule is COc1ccc2c(c1OCC(=O)CCO[N+](=O)[O-])COC(C)C2=O. The van der Waals surface area contributed by atoms with E-state index in [2.05, 4.69) is 4.84 Å². The lowest BCUT2D eigenvalue weighted by Gasteiger charge is -2.24. The molecule has 1 aliphatic heterocycles. The number of hydrogen-bond acceptors (Lipinski definition) is 8. The first-order valence-corrected chi connectivity index (χ1v) is 7.21. The summed E-state index contributed by atoms with van der Waals surface area (Å²) >= 11 is 0. The van der Waals surface area contributed by atoms with Crippen LogP contribution in [0, 0.1) is 10.1 Å². The van der Waals surface area contributed by atoms with E-state index in [4.69, 9.17) is 14.2 Å². The highest BCUT2D eigenvalue weighted by Crippen LogP contribution is 2.37. The van der Waals surface area contributed by atoms with Crippen LogP contribution in [0.3, 0.4) is 0 Å². The second-order valence-corrected chi connectivity index (χ2v) is 5.07. The van der Waals surface area contributed by atoms with E-state index >= 15 is 0 Å². The predicted molar refractivity (Wildman–Crippen MR) is 79.6 cm³/mol. The van der Waals surface area contributed by atoms with Gasteiger partial charge in [0.25, 0.3) is 5.09 Å². The lowest BCUT2D eigenvalue weighted by molar-refractivity contribution is -0.757. The zero-order valence-corrected chi connectivity index (χ0v) is 13.3. The van der Waals surface area contributed by atoms with Crippen LogP contribution in [-0.4, -0.2) is 43.1 Å². The minimum Gasteiger partial charge on any atom is -0.493 e. The molecule has 2 rings (SSSR count). The molecule has 0 saturated heterocycles. The van der Waals surface area contributed by atoms with Gasteiger partial charge in [-0.15, -0.1) is 10.1 Å². The summed E-state index contributed by atoms with van der Waals surface area (Å²) in [5.41, 5.74) is 0.987. The molecule has 0 aliphatic carbocycles. The third-order valence-electron chi connectivity index (χ3n) is 3.51. The van der Waals surface area contributed by atoms with E-state index < -0.39 is 11.2 Å². The topological polar surface area (TPSA) is 114 Å². The minimum absolute atomic E-state index is 0.160. The highest BCUT2D eigenvalue weighted by Gasteiger charge is 2.29. The van der Waals surface area contributed by atoms with Crippen LogP contribution in [0.15, 0.2) is 12.1 Å². The van der Waals surface area contributed by atoms with Crippen molar-refractivity contribution in [1.29, 1.82) is 0 Å². The number of methoxy groups -OCH3 is 1. The van der Waals surface area contributed by atoms with Gasteiger partial charge >= 0.3 is 0 Å². The van der Waals surface area contributed by atoms with Gasteiger partial charge in [0.15, 0.2) is 23.1 Å². The van der Waals surface area contributed by atoms with E-state index in [1.54, 1.807) is 19.1 Å². The molecule has 0 amide bonds. The molecule has 1 unspecified atom stereocenters. The number of fused-ring (bicyclic) bond motifs is 1. The average Bonchev–Trinajstić information content (AvgIpc) is 2.55. The van der Waals surface area contributed by atoms with Crippen molar-refractivity contribution in [2.75, 3.05) is 20.3 Å². The summed E-state index contributed by atoms with van der Waals surface area (Å²) in [5.74, 6) is 0.0789. The van der Waals surface area contributed by atoms with Gasteiger partial charge in [-0.05, 0) is 19.1 Å². The Hall–Kier alpha value is -2.68. The second-order valence-electron chi connectivity index (χ2n) is 5.07. The minimum atomic E-state index is -0.963. The molecule has 0 aromatic heterocycles. The quantitative estimate of drug-likeness (QED) is 0.515. The Bertz CT molecular complexity index is 657. The first-order chi connectivity index (χ1) is 11.4. The second kappa shape index (κ2) is 7.73. The largest absolute Gasteiger partial charge is 0.493 e. The van der Waals surface area contributed by atoms with Crippen LogP contribution in [0.4, 0.5) is 0 Å². The molecule has 9 nitrogen and oxygen atoms in total. The van der Waals surface area contributed by atoms with Gasteiger partial charge in [-0.3, -0.25) is 9.59 Å². The van der Waals surface area contributed by atoms with E-state index in [0.29, 0.717) is 16.9 Å². The number of ether oxygens (including phenoxy) is 3. The molecule has 1 aliphatic rings. The van der Waals surface area contributed by atoms with E-state index in [0.717, 1.165) is 0 Å². The van der Waals surface area contributed by atoms with Crippen LogP contribution in [0.5, 0.6) is 11.5 Å². The fourth-order valence-corrected chi connectivity index (χ4v) is 2.26. The van der Waals surface area contributed by atoms with Crippen molar-refractivity contribution in [2.45, 2.75) is 26.1 Å². The molecule has 9 heteroatoms. The number of hydrogen-bond donors (Lipinski definition) is 0. The zero-order valence-electron chi connectivity index (χ0n) is 13.3. The lowest BCUT2D eigenvalue weighted by Crippen LogP contribution is -2.28. The van der Waals surface area contributed by atoms with Crippen LogP contribution in [0.2, 0.25) is 0 Å². The Morgan fingerprint density at radius 1 is 1.46 bits per heavy atom. The number of carbonyl (C=O) groups is 2. The van der Waals surface area contributed by atoms with Crippen LogP contribution in [-0.2, 0) is 21.0 Å². The van der Waals surface area contributed by atoms with Crippen LogP contribution >= 0.6 is 0 Å². The number of rotatable bonds is 8. The maximum Gasteiger partial charge on any atom is 0.294 e. The smallest absolute Gasteiger partial charge is 0.294 e. The Labute approximate surface area is 137 Å². The van der Waals surface area contributed by atoms with Crippen molar-refractivity contribution in [3.8, 4) is 11.5 Å². The molecular formula is C15H17NO8. The normalized spacial score (nSPS) is 16.2. The Kier molecular flexibility index (Phi) is 5.69. The molecular weight excluding hydrogens is 322 g/mol. The van der Waals surface area contributed by atoms with Crippen molar-refractivity contribution in [2.24, 2.45) is 0 Å². The summed E-state index contributed by atoms with van der Waals surface area (Å²) < 4.78 is 16.1. The molecule has 130 valence electrons. The van der Waals surface area contributed by atoms with Crippen LogP contribution < -0.4 is 9.47 Å². The molecule has 0 bridgehead atoms. The van der Waals surface area contributed by atoms with Crippen molar-refractivity contribution in [3.05, 3.63) is 33.4 Å². The molecule has 1 heterocycles. The molecule has 0 fully saturated rings. The maximum atomic E-state index is 12.1. The van der Waals surface area contributed by atoms with Crippen molar-refractivity contribution in [1.82, 2.24) is 0 Å². The molecule has 1 aromatic rings. The molecule has 1 atom stereocenters. The standard InChI is InChI=1S/C15H17NO8/c1-9-14(18)11-3-4-13(21-2)15(12(11)8-22-9)23-7-10(17)5-6-24-16(19)20/h3-4,9H,5-8H2,1-2H3. The van der Waals surface area contributed by atoms with E-state index in [9.17, 15) is 19.7 Å². The highest BCUT2D eigenvalue weighted by atomic mass is 16.9. The fraction of sp³-hybridized carbons (Fsp3) is 0.467. The first-order valence-electron chi connectivity index (χ1n) is 7.21. The number of benzene rings is 1. The molecule has 0 saturated carbocycles. The van der Waals surface area contributed by atoms with Gasteiger partial charge in [-0.2, -0.15) is 0 Å². The Morgan fingerprint density at radius 3 is 2.88 bits per heavy atom. The molecule has 24 heavy (non-hydrogen) atoms. The number of carbonyl (C=O) groups excluding carboxylic acids is 2. The van der Waals surface area contributed by atoms with Gasteiger partial charge < -0.3 is 19.0 Å². The fourth-order valence-electron chi connectivity index (χ4n) is 2.26. The molecule has 0 N–H and O–H groups in total. The van der Waals surface area contributed by atoms with Gasteiger partial charge in [0.05, 0.1) is 13.7 Å². The van der Waals surface area contributed by atoms with Gasteiger partial charge in [-0.25, -0.2) is 0 Å². The highest BCUT2D eigenvalue weighted by molar-refractivity contribution is 6.02. The first kappa shape index (κ1) is 17.7. The summed E-state index contributed by atoms with van der Waals surface area (Å²) in [6.07, 6.45) is -0.704. The van der Waals surface area contributed by atoms with E-state index in [-0.39, 0.29) is 43.6 Å². The zero-order chi connectivity index (χ0) is 17.7. The summed E-state index contributed by atoms with van der Waals surface area (Å²) in [5, 5.41) is 9.08. The van der Waals surface area contributed by atoms with Gasteiger partial charge in [0.2, 0.25) is 0 Å². The number of nitrogens with zero attached hydrogens (tertiary/aromatic N) is 1. The summed E-state index contributed by atoms with van der Waals surface area (Å²) in [4.78, 5) is 38.0. The molecule has 1 aromatic carbocycles.